The number of amides is 1. The second-order valence-corrected chi connectivity index (χ2v) is 6.01. The molecule has 2 atom stereocenters. The molecule has 3 N–H and O–H groups in total. The van der Waals surface area contributed by atoms with E-state index in [2.05, 4.69) is 26.1 Å². The van der Waals surface area contributed by atoms with Gasteiger partial charge in [0, 0.05) is 12.5 Å². The van der Waals surface area contributed by atoms with E-state index in [1.165, 1.54) is 6.92 Å². The van der Waals surface area contributed by atoms with E-state index in [1.54, 1.807) is 0 Å². The van der Waals surface area contributed by atoms with Gasteiger partial charge in [-0.3, -0.25) is 9.59 Å². The molecule has 0 rings (SSSR count). The van der Waals surface area contributed by atoms with Crippen LogP contribution < -0.4 is 11.1 Å². The van der Waals surface area contributed by atoms with Crippen molar-refractivity contribution in [2.75, 3.05) is 0 Å². The van der Waals surface area contributed by atoms with E-state index in [0.717, 1.165) is 0 Å². The fourth-order valence-electron chi connectivity index (χ4n) is 1.53. The minimum atomic E-state index is -0.379. The number of rotatable bonds is 6. The van der Waals surface area contributed by atoms with E-state index in [1.807, 2.05) is 6.92 Å². The fraction of sp³-hybridized carbons (Fsp3) is 0.846. The van der Waals surface area contributed by atoms with Gasteiger partial charge in [-0.25, -0.2) is 0 Å². The van der Waals surface area contributed by atoms with Crippen LogP contribution in [-0.4, -0.2) is 23.8 Å². The Morgan fingerprint density at radius 1 is 1.29 bits per heavy atom. The molecule has 100 valence electrons. The van der Waals surface area contributed by atoms with Gasteiger partial charge in [-0.2, -0.15) is 0 Å². The molecule has 0 aliphatic carbocycles. The first-order valence-electron chi connectivity index (χ1n) is 6.17. The predicted octanol–water partition coefficient (Wildman–Crippen LogP) is 1.62. The summed E-state index contributed by atoms with van der Waals surface area (Å²) in [6.07, 6.45) is 1.68. The molecular formula is C13H26N2O2. The van der Waals surface area contributed by atoms with E-state index in [-0.39, 0.29) is 29.2 Å². The lowest BCUT2D eigenvalue weighted by Crippen LogP contribution is -2.42. The van der Waals surface area contributed by atoms with Crippen LogP contribution in [0.25, 0.3) is 0 Å². The molecule has 0 saturated heterocycles. The Hall–Kier alpha value is -0.900. The van der Waals surface area contributed by atoms with Gasteiger partial charge in [0.05, 0.1) is 6.04 Å². The highest BCUT2D eigenvalue weighted by Crippen LogP contribution is 2.21. The SMILES string of the molecule is CC(=O)C(CC(C)(C)C)NC(=O)CCC(C)N. The summed E-state index contributed by atoms with van der Waals surface area (Å²) in [6.45, 7) is 9.54. The molecule has 0 aliphatic rings. The van der Waals surface area contributed by atoms with E-state index >= 15 is 0 Å². The first-order chi connectivity index (χ1) is 7.61. The molecule has 0 spiro atoms. The second kappa shape index (κ2) is 6.74. The summed E-state index contributed by atoms with van der Waals surface area (Å²) in [4.78, 5) is 23.1. The Morgan fingerprint density at radius 2 is 1.82 bits per heavy atom. The number of ketones is 1. The molecule has 0 radical (unpaired) electrons. The highest BCUT2D eigenvalue weighted by Gasteiger charge is 2.23. The summed E-state index contributed by atoms with van der Waals surface area (Å²) >= 11 is 0. The van der Waals surface area contributed by atoms with Gasteiger partial charge in [0.15, 0.2) is 5.78 Å². The first kappa shape index (κ1) is 16.1. The Labute approximate surface area is 104 Å². The fourth-order valence-corrected chi connectivity index (χ4v) is 1.53. The van der Waals surface area contributed by atoms with Gasteiger partial charge in [0.2, 0.25) is 5.91 Å². The zero-order chi connectivity index (χ0) is 13.6. The third kappa shape index (κ3) is 8.86. The molecule has 0 aromatic heterocycles. The highest BCUT2D eigenvalue weighted by molar-refractivity contribution is 5.87. The van der Waals surface area contributed by atoms with Crippen LogP contribution in [0.5, 0.6) is 0 Å². The average molecular weight is 242 g/mol. The van der Waals surface area contributed by atoms with Crippen molar-refractivity contribution in [3.05, 3.63) is 0 Å². The summed E-state index contributed by atoms with van der Waals surface area (Å²) in [6, 6.07) is -0.366. The van der Waals surface area contributed by atoms with Crippen LogP contribution in [0.2, 0.25) is 0 Å². The molecule has 1 amide bonds. The monoisotopic (exact) mass is 242 g/mol. The lowest BCUT2D eigenvalue weighted by Gasteiger charge is -2.25. The molecule has 0 fully saturated rings. The van der Waals surface area contributed by atoms with Crippen molar-refractivity contribution >= 4 is 11.7 Å². The minimum Gasteiger partial charge on any atom is -0.346 e. The largest absolute Gasteiger partial charge is 0.346 e. The van der Waals surface area contributed by atoms with Crippen molar-refractivity contribution in [3.63, 3.8) is 0 Å². The molecule has 0 aliphatic heterocycles. The molecule has 0 aromatic carbocycles. The molecule has 4 nitrogen and oxygen atoms in total. The average Bonchev–Trinajstić information content (AvgIpc) is 2.11. The summed E-state index contributed by atoms with van der Waals surface area (Å²) in [5.41, 5.74) is 5.60. The van der Waals surface area contributed by atoms with Gasteiger partial charge in [-0.15, -0.1) is 0 Å². The number of carbonyl (C=O) groups excluding carboxylic acids is 2. The van der Waals surface area contributed by atoms with Gasteiger partial charge in [-0.05, 0) is 32.1 Å². The smallest absolute Gasteiger partial charge is 0.220 e. The zero-order valence-corrected chi connectivity index (χ0v) is 11.7. The molecule has 0 saturated carbocycles. The molecule has 4 heteroatoms. The summed E-state index contributed by atoms with van der Waals surface area (Å²) in [5.74, 6) is -0.0826. The zero-order valence-electron chi connectivity index (χ0n) is 11.7. The van der Waals surface area contributed by atoms with Crippen LogP contribution in [0.1, 0.15) is 53.9 Å². The molecule has 0 aromatic rings. The van der Waals surface area contributed by atoms with Crippen LogP contribution in [0.4, 0.5) is 0 Å². The molecule has 17 heavy (non-hydrogen) atoms. The molecular weight excluding hydrogens is 216 g/mol. The van der Waals surface area contributed by atoms with E-state index < -0.39 is 0 Å². The lowest BCUT2D eigenvalue weighted by molar-refractivity contribution is -0.127. The van der Waals surface area contributed by atoms with E-state index in [4.69, 9.17) is 5.73 Å². The third-order valence-corrected chi connectivity index (χ3v) is 2.47. The quantitative estimate of drug-likeness (QED) is 0.743. The van der Waals surface area contributed by atoms with Crippen molar-refractivity contribution in [2.45, 2.75) is 66.0 Å². The van der Waals surface area contributed by atoms with Crippen LogP contribution in [0, 0.1) is 5.41 Å². The molecule has 0 bridgehead atoms. The Balaban J connectivity index is 4.26. The topological polar surface area (TPSA) is 72.2 Å². The summed E-state index contributed by atoms with van der Waals surface area (Å²) in [7, 11) is 0. The van der Waals surface area contributed by atoms with Crippen LogP contribution in [0.3, 0.4) is 0 Å². The van der Waals surface area contributed by atoms with Crippen LogP contribution in [0.15, 0.2) is 0 Å². The Bertz CT molecular complexity index is 267. The molecule has 0 heterocycles. The number of carbonyl (C=O) groups is 2. The van der Waals surface area contributed by atoms with Crippen molar-refractivity contribution in [1.82, 2.24) is 5.32 Å². The van der Waals surface area contributed by atoms with Gasteiger partial charge >= 0.3 is 0 Å². The number of Topliss-reactive ketones (excluding diaryl/α,β-unsaturated/α-hetero) is 1. The minimum absolute atomic E-state index is 0.00840. The normalized spacial score (nSPS) is 15.2. The van der Waals surface area contributed by atoms with E-state index in [9.17, 15) is 9.59 Å². The van der Waals surface area contributed by atoms with E-state index in [0.29, 0.717) is 19.3 Å². The maximum atomic E-state index is 11.6. The van der Waals surface area contributed by atoms with Gasteiger partial charge in [0.25, 0.3) is 0 Å². The summed E-state index contributed by atoms with van der Waals surface area (Å²) in [5, 5.41) is 2.78. The first-order valence-corrected chi connectivity index (χ1v) is 6.17. The Morgan fingerprint density at radius 3 is 2.18 bits per heavy atom. The summed E-state index contributed by atoms with van der Waals surface area (Å²) < 4.78 is 0. The standard InChI is InChI=1S/C13H26N2O2/c1-9(14)6-7-12(17)15-11(10(2)16)8-13(3,4)5/h9,11H,6-8,14H2,1-5H3,(H,15,17). The van der Waals surface area contributed by atoms with Crippen molar-refractivity contribution in [2.24, 2.45) is 11.1 Å². The number of hydrogen-bond donors (Lipinski definition) is 2. The second-order valence-electron chi connectivity index (χ2n) is 6.01. The maximum Gasteiger partial charge on any atom is 0.220 e. The van der Waals surface area contributed by atoms with Crippen molar-refractivity contribution < 1.29 is 9.59 Å². The number of nitrogens with one attached hydrogen (secondary N) is 1. The van der Waals surface area contributed by atoms with Gasteiger partial charge in [-0.1, -0.05) is 20.8 Å². The number of nitrogens with two attached hydrogens (primary N) is 1. The highest BCUT2D eigenvalue weighted by atomic mass is 16.2. The molecule has 2 unspecified atom stereocenters. The third-order valence-electron chi connectivity index (χ3n) is 2.47. The lowest BCUT2D eigenvalue weighted by atomic mass is 9.87. The van der Waals surface area contributed by atoms with Crippen LogP contribution in [-0.2, 0) is 9.59 Å². The predicted molar refractivity (Wildman–Crippen MR) is 69.6 cm³/mol. The van der Waals surface area contributed by atoms with Crippen molar-refractivity contribution in [3.8, 4) is 0 Å². The van der Waals surface area contributed by atoms with Crippen LogP contribution >= 0.6 is 0 Å². The maximum absolute atomic E-state index is 11.6. The Kier molecular flexibility index (Phi) is 6.39. The van der Waals surface area contributed by atoms with Crippen molar-refractivity contribution in [1.29, 1.82) is 0 Å². The number of hydrogen-bond acceptors (Lipinski definition) is 3. The van der Waals surface area contributed by atoms with Gasteiger partial charge in [0.1, 0.15) is 0 Å². The van der Waals surface area contributed by atoms with Gasteiger partial charge < -0.3 is 11.1 Å².